The summed E-state index contributed by atoms with van der Waals surface area (Å²) in [5.41, 5.74) is 12.8. The average Bonchev–Trinajstić information content (AvgIpc) is 2.26. The minimum atomic E-state index is -0.429. The van der Waals surface area contributed by atoms with E-state index in [2.05, 4.69) is 4.99 Å². The second kappa shape index (κ2) is 4.99. The molecule has 0 bridgehead atoms. The number of rotatable bonds is 1. The number of nitrogens with zero attached hydrogens (tertiary/aromatic N) is 1. The summed E-state index contributed by atoms with van der Waals surface area (Å²) in [6.45, 7) is 1.83. The zero-order valence-electron chi connectivity index (χ0n) is 10.0. The van der Waals surface area contributed by atoms with E-state index in [1.807, 2.05) is 13.0 Å². The number of hydrogen-bond acceptors (Lipinski definition) is 3. The van der Waals surface area contributed by atoms with Gasteiger partial charge in [-0.05, 0) is 24.1 Å². The Balaban J connectivity index is 2.40. The quantitative estimate of drug-likeness (QED) is 0.504. The van der Waals surface area contributed by atoms with Crippen LogP contribution in [0.15, 0.2) is 22.0 Å². The molecule has 5 N–H and O–H groups in total. The van der Waals surface area contributed by atoms with Crippen LogP contribution in [0.3, 0.4) is 0 Å². The molecule has 1 aliphatic rings. The number of aliphatic imine (C=N–C) groups is 1. The van der Waals surface area contributed by atoms with E-state index >= 15 is 0 Å². The Bertz CT molecular complexity index is 524. The first-order chi connectivity index (χ1) is 8.47. The highest BCUT2D eigenvalue weighted by atomic mass is 32.2. The monoisotopic (exact) mass is 265 g/mol. The molecule has 2 rings (SSSR count). The number of aliphatic hydroxyl groups is 1. The molecular formula is C12H15N3O2S. The molecule has 0 radical (unpaired) electrons. The van der Waals surface area contributed by atoms with Gasteiger partial charge in [-0.15, -0.1) is 11.8 Å². The molecule has 96 valence electrons. The van der Waals surface area contributed by atoms with Crippen LogP contribution in [0, 0.1) is 6.92 Å². The van der Waals surface area contributed by atoms with E-state index in [0.29, 0.717) is 17.7 Å². The summed E-state index contributed by atoms with van der Waals surface area (Å²) in [7, 11) is 0. The van der Waals surface area contributed by atoms with Crippen LogP contribution in [-0.2, 0) is 6.42 Å². The Kier molecular flexibility index (Phi) is 3.58. The largest absolute Gasteiger partial charge is 0.392 e. The summed E-state index contributed by atoms with van der Waals surface area (Å²) in [6, 6.07) is 3.72. The Labute approximate surface area is 109 Å². The summed E-state index contributed by atoms with van der Waals surface area (Å²) < 4.78 is 0. The lowest BCUT2D eigenvalue weighted by Crippen LogP contribution is -2.24. The number of aliphatic hydroxyl groups excluding tert-OH is 1. The molecule has 5 nitrogen and oxygen atoms in total. The number of guanidine groups is 1. The third-order valence-electron chi connectivity index (χ3n) is 2.76. The maximum atomic E-state index is 11.8. The van der Waals surface area contributed by atoms with Crippen molar-refractivity contribution in [2.24, 2.45) is 16.5 Å². The number of fused-ring (bicyclic) bond motifs is 1. The van der Waals surface area contributed by atoms with E-state index in [-0.39, 0.29) is 12.1 Å². The highest BCUT2D eigenvalue weighted by Gasteiger charge is 2.20. The van der Waals surface area contributed by atoms with Gasteiger partial charge < -0.3 is 16.6 Å². The van der Waals surface area contributed by atoms with Crippen LogP contribution in [0.2, 0.25) is 0 Å². The van der Waals surface area contributed by atoms with Crippen molar-refractivity contribution in [3.8, 4) is 0 Å². The van der Waals surface area contributed by atoms with Gasteiger partial charge in [-0.2, -0.15) is 4.99 Å². The van der Waals surface area contributed by atoms with E-state index in [1.54, 1.807) is 17.8 Å². The lowest BCUT2D eigenvalue weighted by molar-refractivity contribution is 0.100. The number of amides is 1. The molecule has 1 amide bonds. The van der Waals surface area contributed by atoms with Gasteiger partial charge in [0, 0.05) is 22.6 Å². The number of hydrogen-bond donors (Lipinski definition) is 3. The van der Waals surface area contributed by atoms with Crippen LogP contribution in [0.1, 0.15) is 21.5 Å². The van der Waals surface area contributed by atoms with Crippen LogP contribution in [0.4, 0.5) is 0 Å². The molecule has 0 spiro atoms. The van der Waals surface area contributed by atoms with Crippen LogP contribution in [-0.4, -0.2) is 28.8 Å². The number of aryl methyl sites for hydroxylation is 1. The summed E-state index contributed by atoms with van der Waals surface area (Å²) in [4.78, 5) is 16.4. The van der Waals surface area contributed by atoms with E-state index < -0.39 is 5.91 Å². The van der Waals surface area contributed by atoms with Crippen molar-refractivity contribution >= 4 is 23.6 Å². The summed E-state index contributed by atoms with van der Waals surface area (Å²) in [5.74, 6) is -0.0198. The highest BCUT2D eigenvalue weighted by molar-refractivity contribution is 7.99. The summed E-state index contributed by atoms with van der Waals surface area (Å²) in [6.07, 6.45) is 0.307. The number of carbonyl (C=O) groups excluding carboxylic acids is 1. The first-order valence-corrected chi connectivity index (χ1v) is 6.54. The van der Waals surface area contributed by atoms with Gasteiger partial charge in [0.05, 0.1) is 6.10 Å². The lowest BCUT2D eigenvalue weighted by atomic mass is 10.0. The summed E-state index contributed by atoms with van der Waals surface area (Å²) >= 11 is 1.54. The first-order valence-electron chi connectivity index (χ1n) is 5.55. The molecule has 0 saturated heterocycles. The van der Waals surface area contributed by atoms with Gasteiger partial charge in [0.2, 0.25) is 0 Å². The normalized spacial score (nSPS) is 18.0. The van der Waals surface area contributed by atoms with Crippen molar-refractivity contribution in [2.75, 3.05) is 5.75 Å². The zero-order valence-corrected chi connectivity index (χ0v) is 10.8. The van der Waals surface area contributed by atoms with E-state index in [4.69, 9.17) is 11.5 Å². The van der Waals surface area contributed by atoms with Gasteiger partial charge >= 0.3 is 0 Å². The second-order valence-electron chi connectivity index (χ2n) is 4.29. The average molecular weight is 265 g/mol. The van der Waals surface area contributed by atoms with Gasteiger partial charge in [-0.3, -0.25) is 4.79 Å². The Hall–Kier alpha value is -1.53. The standard InChI is InChI=1S/C12H15N3O2S/c1-6-2-7-3-8(16)5-18-10(7)4-9(6)11(17)15-12(13)14/h2,4,8,16H,3,5H2,1H3,(H4,13,14,15,17). The van der Waals surface area contributed by atoms with Gasteiger partial charge in [0.15, 0.2) is 5.96 Å². The van der Waals surface area contributed by atoms with Crippen molar-refractivity contribution < 1.29 is 9.90 Å². The molecule has 0 aromatic heterocycles. The molecule has 1 aromatic rings. The van der Waals surface area contributed by atoms with E-state index in [1.165, 1.54) is 0 Å². The predicted octanol–water partition coefficient (Wildman–Crippen LogP) is 0.418. The van der Waals surface area contributed by atoms with Gasteiger partial charge in [-0.1, -0.05) is 6.07 Å². The van der Waals surface area contributed by atoms with Crippen LogP contribution >= 0.6 is 11.8 Å². The Morgan fingerprint density at radius 3 is 2.89 bits per heavy atom. The zero-order chi connectivity index (χ0) is 13.3. The van der Waals surface area contributed by atoms with Crippen molar-refractivity contribution in [3.63, 3.8) is 0 Å². The summed E-state index contributed by atoms with van der Waals surface area (Å²) in [5, 5.41) is 9.60. The molecule has 1 aromatic carbocycles. The van der Waals surface area contributed by atoms with Crippen LogP contribution < -0.4 is 11.5 Å². The maximum Gasteiger partial charge on any atom is 0.280 e. The van der Waals surface area contributed by atoms with Crippen molar-refractivity contribution in [1.29, 1.82) is 0 Å². The molecule has 6 heteroatoms. The highest BCUT2D eigenvalue weighted by Crippen LogP contribution is 2.32. The number of nitrogens with two attached hydrogens (primary N) is 2. The van der Waals surface area contributed by atoms with Crippen molar-refractivity contribution in [3.05, 3.63) is 28.8 Å². The lowest BCUT2D eigenvalue weighted by Gasteiger charge is -2.21. The number of carbonyl (C=O) groups is 1. The maximum absolute atomic E-state index is 11.8. The fourth-order valence-corrected chi connectivity index (χ4v) is 2.97. The van der Waals surface area contributed by atoms with Gasteiger partial charge in [-0.25, -0.2) is 0 Å². The SMILES string of the molecule is Cc1cc2c(cc1C(=O)N=C(N)N)SCC(O)C2. The number of thioether (sulfide) groups is 1. The molecule has 0 saturated carbocycles. The molecule has 1 unspecified atom stereocenters. The second-order valence-corrected chi connectivity index (χ2v) is 5.35. The minimum Gasteiger partial charge on any atom is -0.392 e. The fourth-order valence-electron chi connectivity index (χ4n) is 1.95. The Morgan fingerprint density at radius 2 is 2.22 bits per heavy atom. The van der Waals surface area contributed by atoms with Crippen LogP contribution in [0.25, 0.3) is 0 Å². The Morgan fingerprint density at radius 1 is 1.50 bits per heavy atom. The molecule has 1 heterocycles. The molecule has 1 atom stereocenters. The first kappa shape index (κ1) is 12.9. The minimum absolute atomic E-state index is 0.236. The van der Waals surface area contributed by atoms with Crippen LogP contribution in [0.5, 0.6) is 0 Å². The molecule has 1 aliphatic heterocycles. The smallest absolute Gasteiger partial charge is 0.280 e. The third kappa shape index (κ3) is 2.65. The molecule has 0 fully saturated rings. The molecular weight excluding hydrogens is 250 g/mol. The van der Waals surface area contributed by atoms with E-state index in [9.17, 15) is 9.90 Å². The number of benzene rings is 1. The van der Waals surface area contributed by atoms with Gasteiger partial charge in [0.25, 0.3) is 5.91 Å². The van der Waals surface area contributed by atoms with Gasteiger partial charge in [0.1, 0.15) is 0 Å². The predicted molar refractivity (Wildman–Crippen MR) is 71.8 cm³/mol. The molecule has 0 aliphatic carbocycles. The van der Waals surface area contributed by atoms with Crippen molar-refractivity contribution in [1.82, 2.24) is 0 Å². The topological polar surface area (TPSA) is 102 Å². The fraction of sp³-hybridized carbons (Fsp3) is 0.333. The van der Waals surface area contributed by atoms with Crippen molar-refractivity contribution in [2.45, 2.75) is 24.3 Å². The van der Waals surface area contributed by atoms with E-state index in [0.717, 1.165) is 16.0 Å². The molecule has 18 heavy (non-hydrogen) atoms. The third-order valence-corrected chi connectivity index (χ3v) is 4.00.